The molecular formula is C15H12FN3O. The minimum Gasteiger partial charge on any atom is -0.325 e. The van der Waals surface area contributed by atoms with Crippen molar-refractivity contribution in [2.45, 2.75) is 0 Å². The molecule has 5 heteroatoms. The van der Waals surface area contributed by atoms with Crippen molar-refractivity contribution in [3.05, 3.63) is 53.6 Å². The molecule has 100 valence electrons. The normalized spacial score (nSPS) is 13.9. The number of fused-ring (bicyclic) bond motifs is 1. The van der Waals surface area contributed by atoms with Gasteiger partial charge in [-0.15, -0.1) is 0 Å². The summed E-state index contributed by atoms with van der Waals surface area (Å²) in [5, 5.41) is 0. The molecule has 20 heavy (non-hydrogen) atoms. The van der Waals surface area contributed by atoms with Crippen molar-refractivity contribution in [2.75, 3.05) is 13.1 Å². The van der Waals surface area contributed by atoms with Gasteiger partial charge in [-0.2, -0.15) is 0 Å². The number of aliphatic imine (C=N–C) groups is 1. The first-order valence-electron chi connectivity index (χ1n) is 6.21. The molecule has 0 radical (unpaired) electrons. The van der Waals surface area contributed by atoms with E-state index in [0.29, 0.717) is 16.8 Å². The Labute approximate surface area is 115 Å². The summed E-state index contributed by atoms with van der Waals surface area (Å²) >= 11 is 0. The summed E-state index contributed by atoms with van der Waals surface area (Å²) in [4.78, 5) is 19.8. The van der Waals surface area contributed by atoms with E-state index in [-0.39, 0.29) is 18.9 Å². The van der Waals surface area contributed by atoms with E-state index in [1.807, 2.05) is 6.07 Å². The van der Waals surface area contributed by atoms with Gasteiger partial charge in [0.2, 0.25) is 0 Å². The number of nitrogens with two attached hydrogens (primary N) is 1. The second-order valence-corrected chi connectivity index (χ2v) is 4.54. The molecular weight excluding hydrogens is 257 g/mol. The Hall–Kier alpha value is -2.40. The van der Waals surface area contributed by atoms with Crippen molar-refractivity contribution in [3.63, 3.8) is 0 Å². The maximum atomic E-state index is 13.2. The second-order valence-electron chi connectivity index (χ2n) is 4.54. The van der Waals surface area contributed by atoms with Crippen molar-refractivity contribution >= 4 is 11.5 Å². The average Bonchev–Trinajstić information content (AvgIpc) is 2.47. The van der Waals surface area contributed by atoms with Crippen LogP contribution in [0, 0.1) is 5.82 Å². The fourth-order valence-corrected chi connectivity index (χ4v) is 2.29. The summed E-state index contributed by atoms with van der Waals surface area (Å²) < 4.78 is 13.2. The molecule has 0 bridgehead atoms. The quantitative estimate of drug-likeness (QED) is 0.904. The standard InChI is InChI=1S/C15H12FN3O/c16-11-3-10(6-18-7-11)9-1-2-12-13(4-9)14(5-17)19-8-15(12)20/h1-4,6-7H,5,8,17H2. The van der Waals surface area contributed by atoms with Crippen LogP contribution in [0.25, 0.3) is 11.1 Å². The van der Waals surface area contributed by atoms with Crippen molar-refractivity contribution in [1.29, 1.82) is 0 Å². The number of aromatic nitrogens is 1. The number of carbonyl (C=O) groups is 1. The molecule has 0 saturated heterocycles. The lowest BCUT2D eigenvalue weighted by Gasteiger charge is -2.16. The largest absolute Gasteiger partial charge is 0.325 e. The summed E-state index contributed by atoms with van der Waals surface area (Å²) in [6.07, 6.45) is 2.73. The first-order chi connectivity index (χ1) is 9.69. The summed E-state index contributed by atoms with van der Waals surface area (Å²) in [5.74, 6) is -0.426. The van der Waals surface area contributed by atoms with Crippen LogP contribution in [0.4, 0.5) is 4.39 Å². The van der Waals surface area contributed by atoms with Crippen LogP contribution in [0.5, 0.6) is 0 Å². The van der Waals surface area contributed by atoms with E-state index in [1.165, 1.54) is 6.07 Å². The number of benzene rings is 1. The van der Waals surface area contributed by atoms with E-state index < -0.39 is 5.82 Å². The zero-order valence-electron chi connectivity index (χ0n) is 10.6. The lowest BCUT2D eigenvalue weighted by molar-refractivity contribution is 0.1000. The van der Waals surface area contributed by atoms with Crippen LogP contribution < -0.4 is 5.73 Å². The molecule has 2 N–H and O–H groups in total. The van der Waals surface area contributed by atoms with Crippen LogP contribution in [0.2, 0.25) is 0 Å². The molecule has 1 aromatic heterocycles. The molecule has 0 fully saturated rings. The highest BCUT2D eigenvalue weighted by Gasteiger charge is 2.20. The van der Waals surface area contributed by atoms with Gasteiger partial charge in [0.1, 0.15) is 12.4 Å². The number of rotatable bonds is 2. The van der Waals surface area contributed by atoms with Gasteiger partial charge < -0.3 is 5.73 Å². The van der Waals surface area contributed by atoms with E-state index in [4.69, 9.17) is 5.73 Å². The number of nitrogens with zero attached hydrogens (tertiary/aromatic N) is 2. The summed E-state index contributed by atoms with van der Waals surface area (Å²) in [6.45, 7) is 0.408. The molecule has 3 rings (SSSR count). The minimum absolute atomic E-state index is 0.0267. The molecule has 0 atom stereocenters. The smallest absolute Gasteiger partial charge is 0.184 e. The molecule has 0 aliphatic carbocycles. The minimum atomic E-state index is -0.399. The average molecular weight is 269 g/mol. The van der Waals surface area contributed by atoms with Gasteiger partial charge >= 0.3 is 0 Å². The topological polar surface area (TPSA) is 68.3 Å². The Kier molecular flexibility index (Phi) is 3.12. The second kappa shape index (κ2) is 4.94. The fraction of sp³-hybridized carbons (Fsp3) is 0.133. The van der Waals surface area contributed by atoms with Gasteiger partial charge in [0, 0.05) is 29.4 Å². The van der Waals surface area contributed by atoms with E-state index in [1.54, 1.807) is 18.3 Å². The monoisotopic (exact) mass is 269 g/mol. The molecule has 0 spiro atoms. The summed E-state index contributed by atoms with van der Waals surface area (Å²) in [6, 6.07) is 6.74. The van der Waals surface area contributed by atoms with Gasteiger partial charge in [-0.05, 0) is 17.7 Å². The van der Waals surface area contributed by atoms with Crippen molar-refractivity contribution in [1.82, 2.24) is 4.98 Å². The number of Topliss-reactive ketones (excluding diaryl/α,β-unsaturated/α-hetero) is 1. The van der Waals surface area contributed by atoms with Crippen LogP contribution >= 0.6 is 0 Å². The lowest BCUT2D eigenvalue weighted by atomic mass is 9.93. The maximum Gasteiger partial charge on any atom is 0.184 e. The summed E-state index contributed by atoms with van der Waals surface area (Å²) in [7, 11) is 0. The van der Waals surface area contributed by atoms with E-state index in [0.717, 1.165) is 17.3 Å². The highest BCUT2D eigenvalue weighted by molar-refractivity contribution is 6.16. The third-order valence-corrected chi connectivity index (χ3v) is 3.28. The third-order valence-electron chi connectivity index (χ3n) is 3.28. The number of hydrogen-bond acceptors (Lipinski definition) is 4. The number of ketones is 1. The van der Waals surface area contributed by atoms with Crippen LogP contribution in [-0.2, 0) is 0 Å². The van der Waals surface area contributed by atoms with Crippen LogP contribution in [0.3, 0.4) is 0 Å². The molecule has 0 unspecified atom stereocenters. The maximum absolute atomic E-state index is 13.2. The predicted octanol–water partition coefficient (Wildman–Crippen LogP) is 1.83. The molecule has 1 aliphatic heterocycles. The highest BCUT2D eigenvalue weighted by atomic mass is 19.1. The first-order valence-corrected chi connectivity index (χ1v) is 6.21. The van der Waals surface area contributed by atoms with Crippen molar-refractivity contribution in [2.24, 2.45) is 10.7 Å². The highest BCUT2D eigenvalue weighted by Crippen LogP contribution is 2.25. The van der Waals surface area contributed by atoms with Crippen LogP contribution in [-0.4, -0.2) is 29.6 Å². The van der Waals surface area contributed by atoms with Gasteiger partial charge in [-0.3, -0.25) is 14.8 Å². The molecule has 0 saturated carbocycles. The Morgan fingerprint density at radius 2 is 2.00 bits per heavy atom. The number of halogens is 1. The molecule has 2 aromatic rings. The Bertz CT molecular complexity index is 725. The third kappa shape index (κ3) is 2.12. The van der Waals surface area contributed by atoms with Crippen molar-refractivity contribution < 1.29 is 9.18 Å². The zero-order chi connectivity index (χ0) is 14.1. The summed E-state index contributed by atoms with van der Waals surface area (Å²) in [5.41, 5.74) is 9.15. The SMILES string of the molecule is NCC1=NCC(=O)c2ccc(-c3cncc(F)c3)cc21. The van der Waals surface area contributed by atoms with Gasteiger partial charge in [-0.25, -0.2) is 4.39 Å². The Morgan fingerprint density at radius 3 is 2.75 bits per heavy atom. The van der Waals surface area contributed by atoms with Gasteiger partial charge in [0.05, 0.1) is 11.9 Å². The van der Waals surface area contributed by atoms with Gasteiger partial charge in [0.15, 0.2) is 5.78 Å². The zero-order valence-corrected chi connectivity index (χ0v) is 10.6. The van der Waals surface area contributed by atoms with E-state index >= 15 is 0 Å². The molecule has 4 nitrogen and oxygen atoms in total. The predicted molar refractivity (Wildman–Crippen MR) is 74.4 cm³/mol. The molecule has 0 amide bonds. The van der Waals surface area contributed by atoms with E-state index in [9.17, 15) is 9.18 Å². The fourth-order valence-electron chi connectivity index (χ4n) is 2.29. The number of carbonyl (C=O) groups excluding carboxylic acids is 1. The first kappa shape index (κ1) is 12.6. The van der Waals surface area contributed by atoms with Crippen LogP contribution in [0.15, 0.2) is 41.7 Å². The Balaban J connectivity index is 2.14. The van der Waals surface area contributed by atoms with Gasteiger partial charge in [0.25, 0.3) is 0 Å². The number of hydrogen-bond donors (Lipinski definition) is 1. The molecule has 1 aromatic carbocycles. The van der Waals surface area contributed by atoms with Crippen LogP contribution in [0.1, 0.15) is 15.9 Å². The Morgan fingerprint density at radius 1 is 1.15 bits per heavy atom. The molecule has 2 heterocycles. The number of pyridine rings is 1. The van der Waals surface area contributed by atoms with Gasteiger partial charge in [-0.1, -0.05) is 12.1 Å². The van der Waals surface area contributed by atoms with Crippen molar-refractivity contribution in [3.8, 4) is 11.1 Å². The lowest BCUT2D eigenvalue weighted by Crippen LogP contribution is -2.24. The molecule has 1 aliphatic rings. The van der Waals surface area contributed by atoms with E-state index in [2.05, 4.69) is 9.98 Å².